The molecule has 2 aliphatic heterocycles. The molecule has 3 aliphatic rings. The lowest BCUT2D eigenvalue weighted by atomic mass is 9.44. The van der Waals surface area contributed by atoms with Crippen molar-refractivity contribution in [2.45, 2.75) is 45.4 Å². The van der Waals surface area contributed by atoms with E-state index < -0.39 is 0 Å². The van der Waals surface area contributed by atoms with Crippen LogP contribution in [0.2, 0.25) is 0 Å². The van der Waals surface area contributed by atoms with E-state index in [0.717, 1.165) is 55.1 Å². The predicted molar refractivity (Wildman–Crippen MR) is 251 cm³/mol. The Morgan fingerprint density at radius 1 is 0.500 bits per heavy atom. The summed E-state index contributed by atoms with van der Waals surface area (Å²) in [6.45, 7) is 11.5. The maximum Gasteiger partial charge on any atom is 0.333 e. The van der Waals surface area contributed by atoms with E-state index in [1.165, 1.54) is 77.5 Å². The molecule has 8 aromatic carbocycles. The van der Waals surface area contributed by atoms with Gasteiger partial charge in [0.25, 0.3) is 0 Å². The number of furan rings is 2. The number of anilines is 2. The number of fused-ring (bicyclic) bond motifs is 17. The third kappa shape index (κ3) is 3.98. The molecule has 284 valence electrons. The molecule has 0 saturated heterocycles. The molecule has 0 spiro atoms. The number of hydrogen-bond donors (Lipinski definition) is 0. The van der Waals surface area contributed by atoms with Gasteiger partial charge >= 0.3 is 6.85 Å². The van der Waals surface area contributed by atoms with Gasteiger partial charge in [0.2, 0.25) is 0 Å². The van der Waals surface area contributed by atoms with Gasteiger partial charge in [-0.2, -0.15) is 0 Å². The van der Waals surface area contributed by atoms with Gasteiger partial charge < -0.3 is 18.2 Å². The van der Waals surface area contributed by atoms with Crippen molar-refractivity contribution in [2.75, 3.05) is 4.81 Å². The topological polar surface area (TPSA) is 34.5 Å². The average Bonchev–Trinajstić information content (AvgIpc) is 3.97. The second-order valence-corrected chi connectivity index (χ2v) is 18.9. The molecule has 3 aromatic heterocycles. The molecule has 0 bridgehead atoms. The second kappa shape index (κ2) is 10.8. The van der Waals surface area contributed by atoms with Gasteiger partial charge in [-0.25, -0.2) is 0 Å². The third-order valence-electron chi connectivity index (χ3n) is 14.3. The first-order chi connectivity index (χ1) is 29.1. The summed E-state index contributed by atoms with van der Waals surface area (Å²) in [5, 5.41) is 7.02. The monoisotopic (exact) mass is 770 g/mol. The van der Waals surface area contributed by atoms with Gasteiger partial charge in [0.1, 0.15) is 22.3 Å². The van der Waals surface area contributed by atoms with Crippen molar-refractivity contribution in [1.82, 2.24) is 4.57 Å². The summed E-state index contributed by atoms with van der Waals surface area (Å²) in [5.74, 6) is 0. The fourth-order valence-electron chi connectivity index (χ4n) is 11.4. The van der Waals surface area contributed by atoms with Crippen LogP contribution < -0.4 is 15.7 Å². The molecule has 5 heterocycles. The summed E-state index contributed by atoms with van der Waals surface area (Å²) >= 11 is 0. The minimum absolute atomic E-state index is 0.0318. The predicted octanol–water partition coefficient (Wildman–Crippen LogP) is 13.4. The fourth-order valence-corrected chi connectivity index (χ4v) is 11.4. The molecule has 0 atom stereocenters. The maximum absolute atomic E-state index is 6.68. The van der Waals surface area contributed by atoms with Crippen molar-refractivity contribution < 1.29 is 8.83 Å². The van der Waals surface area contributed by atoms with Crippen LogP contribution in [0.1, 0.15) is 51.3 Å². The largest absolute Gasteiger partial charge is 0.456 e. The van der Waals surface area contributed by atoms with Crippen molar-refractivity contribution >= 4 is 94.8 Å². The van der Waals surface area contributed by atoms with Crippen LogP contribution in [0.15, 0.2) is 154 Å². The van der Waals surface area contributed by atoms with Gasteiger partial charge in [-0.15, -0.1) is 0 Å². The summed E-state index contributed by atoms with van der Waals surface area (Å²) in [5.41, 5.74) is 21.3. The molecule has 0 saturated carbocycles. The molecule has 11 aromatic rings. The molecule has 4 nitrogen and oxygen atoms in total. The summed E-state index contributed by atoms with van der Waals surface area (Å²) in [6.07, 6.45) is 0. The zero-order chi connectivity index (χ0) is 40.0. The van der Waals surface area contributed by atoms with Gasteiger partial charge in [-0.3, -0.25) is 0 Å². The van der Waals surface area contributed by atoms with Crippen LogP contribution >= 0.6 is 0 Å². The van der Waals surface area contributed by atoms with E-state index >= 15 is 0 Å². The highest BCUT2D eigenvalue weighted by atomic mass is 16.3. The normalized spacial score (nSPS) is 14.8. The molecule has 1 aliphatic carbocycles. The molecule has 0 fully saturated rings. The summed E-state index contributed by atoms with van der Waals surface area (Å²) in [4.78, 5) is 2.66. The Morgan fingerprint density at radius 3 is 1.93 bits per heavy atom. The van der Waals surface area contributed by atoms with E-state index in [0.29, 0.717) is 0 Å². The quantitative estimate of drug-likeness (QED) is 0.156. The smallest absolute Gasteiger partial charge is 0.333 e. The van der Waals surface area contributed by atoms with Gasteiger partial charge in [0.05, 0.1) is 11.0 Å². The molecule has 0 amide bonds. The Labute approximate surface area is 347 Å². The van der Waals surface area contributed by atoms with Gasteiger partial charge in [0.15, 0.2) is 0 Å². The Balaban J connectivity index is 1.16. The van der Waals surface area contributed by atoms with E-state index in [9.17, 15) is 0 Å². The molecule has 60 heavy (non-hydrogen) atoms. The molecule has 0 unspecified atom stereocenters. The lowest BCUT2D eigenvalue weighted by Crippen LogP contribution is -2.60. The summed E-state index contributed by atoms with van der Waals surface area (Å²) in [7, 11) is 0. The number of para-hydroxylation sites is 2. The summed E-state index contributed by atoms with van der Waals surface area (Å²) < 4.78 is 15.8. The van der Waals surface area contributed by atoms with Crippen LogP contribution in [-0.2, 0) is 10.8 Å². The molecular weight excluding hydrogens is 731 g/mol. The highest BCUT2D eigenvalue weighted by molar-refractivity contribution is 6.94. The Morgan fingerprint density at radius 2 is 1.18 bits per heavy atom. The van der Waals surface area contributed by atoms with E-state index in [1.54, 1.807) is 0 Å². The van der Waals surface area contributed by atoms with Crippen molar-refractivity contribution in [1.29, 1.82) is 0 Å². The number of aromatic nitrogens is 1. The van der Waals surface area contributed by atoms with E-state index in [4.69, 9.17) is 8.83 Å². The van der Waals surface area contributed by atoms with Crippen LogP contribution in [0.3, 0.4) is 0 Å². The Bertz CT molecular complexity index is 3740. The minimum atomic E-state index is -0.134. The number of rotatable bonds is 1. The van der Waals surface area contributed by atoms with Crippen LogP contribution in [-0.4, -0.2) is 11.4 Å². The number of benzene rings is 8. The van der Waals surface area contributed by atoms with Gasteiger partial charge in [0, 0.05) is 72.5 Å². The number of nitrogens with zero attached hydrogens (tertiary/aromatic N) is 2. The zero-order valence-electron chi connectivity index (χ0n) is 34.1. The van der Waals surface area contributed by atoms with Crippen molar-refractivity contribution in [3.63, 3.8) is 0 Å². The van der Waals surface area contributed by atoms with Gasteiger partial charge in [-0.1, -0.05) is 126 Å². The first-order valence-electron chi connectivity index (χ1n) is 21.2. The Kier molecular flexibility index (Phi) is 5.92. The van der Waals surface area contributed by atoms with Crippen molar-refractivity contribution in [2.24, 2.45) is 0 Å². The maximum atomic E-state index is 6.68. The van der Waals surface area contributed by atoms with E-state index in [2.05, 4.69) is 190 Å². The molecule has 0 radical (unpaired) electrons. The van der Waals surface area contributed by atoms with E-state index in [-0.39, 0.29) is 17.7 Å². The lowest BCUT2D eigenvalue weighted by molar-refractivity contribution is 0.590. The van der Waals surface area contributed by atoms with Crippen LogP contribution in [0, 0.1) is 0 Å². The van der Waals surface area contributed by atoms with Crippen molar-refractivity contribution in [3.8, 4) is 27.9 Å². The third-order valence-corrected chi connectivity index (χ3v) is 14.3. The molecule has 5 heteroatoms. The standard InChI is InChI=1S/C55H39BN2O2/c1-54(2,3)30-18-20-31(21-19-30)58-46-27-37-32-12-6-9-15-42(32)55(4,5)43(37)25-39(46)35-22-23-36-38-24-40-33-13-7-10-16-48(33)59-50(40)28-45(38)57-47-29-51-41(34-14-8-11-17-49(34)60-51)26-44(47)56(58)52(35)53(36)57/h6-29H,1-5H3. The van der Waals surface area contributed by atoms with Gasteiger partial charge in [-0.05, 0) is 92.2 Å². The first-order valence-corrected chi connectivity index (χ1v) is 21.2. The average molecular weight is 771 g/mol. The van der Waals surface area contributed by atoms with Crippen LogP contribution in [0.4, 0.5) is 11.4 Å². The minimum Gasteiger partial charge on any atom is -0.456 e. The molecule has 0 N–H and O–H groups in total. The van der Waals surface area contributed by atoms with Crippen molar-refractivity contribution in [3.05, 3.63) is 162 Å². The first kappa shape index (κ1) is 32.9. The SMILES string of the molecule is CC(C)(C)c1ccc(N2B3c4cc5c(cc4-n4c6cc7oc8ccccc8c7cc6c6ccc(c3c64)-c3cc4c(cc32)-c2ccccc2C4(C)C)oc2ccccc25)cc1. The molecular formula is C55H39BN2O2. The summed E-state index contributed by atoms with van der Waals surface area (Å²) in [6, 6.07) is 54.5. The zero-order valence-corrected chi connectivity index (χ0v) is 34.1. The van der Waals surface area contributed by atoms with Crippen LogP contribution in [0.5, 0.6) is 0 Å². The highest BCUT2D eigenvalue weighted by Gasteiger charge is 2.46. The Hall–Kier alpha value is -6.98. The second-order valence-electron chi connectivity index (χ2n) is 18.9. The van der Waals surface area contributed by atoms with E-state index in [1.807, 2.05) is 0 Å². The lowest BCUT2D eigenvalue weighted by Gasteiger charge is -2.42. The molecule has 14 rings (SSSR count). The highest BCUT2D eigenvalue weighted by Crippen LogP contribution is 2.54. The van der Waals surface area contributed by atoms with Crippen LogP contribution in [0.25, 0.3) is 93.6 Å². The fraction of sp³-hybridized carbons (Fsp3) is 0.127. The number of hydrogen-bond acceptors (Lipinski definition) is 3.